The molecular weight excluding hydrogens is 278 g/mol. The highest BCUT2D eigenvalue weighted by Gasteiger charge is 2.21. The van der Waals surface area contributed by atoms with Crippen LogP contribution in [-0.4, -0.2) is 17.8 Å². The maximum Gasteiger partial charge on any atom is 0.0623 e. The van der Waals surface area contributed by atoms with E-state index < -0.39 is 0 Å². The lowest BCUT2D eigenvalue weighted by molar-refractivity contribution is 0.118. The van der Waals surface area contributed by atoms with Crippen molar-refractivity contribution in [2.75, 3.05) is 6.54 Å². The summed E-state index contributed by atoms with van der Waals surface area (Å²) in [5.74, 6) is 0.576. The van der Waals surface area contributed by atoms with Gasteiger partial charge in [0.2, 0.25) is 0 Å². The second-order valence-electron chi connectivity index (χ2n) is 4.71. The normalized spacial score (nSPS) is 16.5. The van der Waals surface area contributed by atoms with E-state index in [2.05, 4.69) is 29.8 Å². The van der Waals surface area contributed by atoms with Gasteiger partial charge in [-0.05, 0) is 30.0 Å². The first-order valence-corrected chi connectivity index (χ1v) is 7.01. The van der Waals surface area contributed by atoms with Gasteiger partial charge in [-0.3, -0.25) is 0 Å². The van der Waals surface area contributed by atoms with E-state index in [0.29, 0.717) is 12.5 Å². The second-order valence-corrected chi connectivity index (χ2v) is 5.63. The molecule has 2 nitrogen and oxygen atoms in total. The fraction of sp³-hybridized carbons (Fsp3) is 0.571. The average Bonchev–Trinajstić information content (AvgIpc) is 2.32. The van der Waals surface area contributed by atoms with Crippen molar-refractivity contribution in [3.63, 3.8) is 0 Å². The SMILES string of the molecule is CCC(C)CC(O)C(CN)c1ccc(Br)cc1. The molecule has 0 aliphatic carbocycles. The molecule has 0 aromatic heterocycles. The van der Waals surface area contributed by atoms with Crippen LogP contribution in [0.3, 0.4) is 0 Å². The number of halogens is 1. The predicted octanol–water partition coefficient (Wildman–Crippen LogP) is 3.29. The zero-order chi connectivity index (χ0) is 12.8. The Morgan fingerprint density at radius 3 is 2.35 bits per heavy atom. The minimum absolute atomic E-state index is 0.0390. The number of benzene rings is 1. The van der Waals surface area contributed by atoms with E-state index in [4.69, 9.17) is 5.73 Å². The largest absolute Gasteiger partial charge is 0.392 e. The van der Waals surface area contributed by atoms with Crippen LogP contribution < -0.4 is 5.73 Å². The third kappa shape index (κ3) is 4.41. The summed E-state index contributed by atoms with van der Waals surface area (Å²) in [6.07, 6.45) is 1.56. The van der Waals surface area contributed by atoms with Gasteiger partial charge in [0.15, 0.2) is 0 Å². The van der Waals surface area contributed by atoms with Gasteiger partial charge in [-0.1, -0.05) is 48.3 Å². The van der Waals surface area contributed by atoms with Gasteiger partial charge in [-0.2, -0.15) is 0 Å². The summed E-state index contributed by atoms with van der Waals surface area (Å²) in [6, 6.07) is 8.05. The number of rotatable bonds is 6. The molecule has 17 heavy (non-hydrogen) atoms. The third-order valence-corrected chi connectivity index (χ3v) is 3.89. The number of aliphatic hydroxyl groups is 1. The Balaban J connectivity index is 2.73. The molecule has 0 heterocycles. The molecule has 1 aromatic rings. The Bertz CT molecular complexity index is 325. The van der Waals surface area contributed by atoms with Crippen molar-refractivity contribution in [2.24, 2.45) is 11.7 Å². The molecule has 1 aromatic carbocycles. The van der Waals surface area contributed by atoms with E-state index >= 15 is 0 Å². The fourth-order valence-corrected chi connectivity index (χ4v) is 2.23. The molecule has 0 spiro atoms. The second kappa shape index (κ2) is 7.14. The third-order valence-electron chi connectivity index (χ3n) is 3.36. The number of nitrogens with two attached hydrogens (primary N) is 1. The van der Waals surface area contributed by atoms with E-state index in [-0.39, 0.29) is 12.0 Å². The van der Waals surface area contributed by atoms with Gasteiger partial charge in [-0.25, -0.2) is 0 Å². The summed E-state index contributed by atoms with van der Waals surface area (Å²) < 4.78 is 1.05. The van der Waals surface area contributed by atoms with Gasteiger partial charge in [0.25, 0.3) is 0 Å². The molecule has 0 aliphatic heterocycles. The van der Waals surface area contributed by atoms with Crippen molar-refractivity contribution in [2.45, 2.75) is 38.7 Å². The number of hydrogen-bond acceptors (Lipinski definition) is 2. The van der Waals surface area contributed by atoms with Crippen LogP contribution in [0.25, 0.3) is 0 Å². The zero-order valence-corrected chi connectivity index (χ0v) is 12.2. The van der Waals surface area contributed by atoms with Crippen LogP contribution in [0, 0.1) is 5.92 Å². The topological polar surface area (TPSA) is 46.2 Å². The molecule has 3 atom stereocenters. The maximum atomic E-state index is 10.2. The van der Waals surface area contributed by atoms with E-state index in [1.54, 1.807) is 0 Å². The van der Waals surface area contributed by atoms with E-state index in [0.717, 1.165) is 22.9 Å². The molecule has 0 radical (unpaired) electrons. The van der Waals surface area contributed by atoms with E-state index in [9.17, 15) is 5.11 Å². The Hall–Kier alpha value is -0.380. The molecule has 3 unspecified atom stereocenters. The highest BCUT2D eigenvalue weighted by molar-refractivity contribution is 9.10. The Kier molecular flexibility index (Phi) is 6.17. The van der Waals surface area contributed by atoms with Crippen LogP contribution in [0.4, 0.5) is 0 Å². The summed E-state index contributed by atoms with van der Waals surface area (Å²) in [5.41, 5.74) is 6.91. The first-order valence-electron chi connectivity index (χ1n) is 6.22. The van der Waals surface area contributed by atoms with Gasteiger partial charge in [-0.15, -0.1) is 0 Å². The summed E-state index contributed by atoms with van der Waals surface area (Å²) >= 11 is 3.41. The van der Waals surface area contributed by atoms with Crippen molar-refractivity contribution < 1.29 is 5.11 Å². The van der Waals surface area contributed by atoms with Crippen LogP contribution in [0.2, 0.25) is 0 Å². The Morgan fingerprint density at radius 1 is 1.29 bits per heavy atom. The van der Waals surface area contributed by atoms with Crippen LogP contribution >= 0.6 is 15.9 Å². The molecule has 0 bridgehead atoms. The maximum absolute atomic E-state index is 10.2. The summed E-state index contributed by atoms with van der Waals surface area (Å²) in [6.45, 7) is 4.80. The lowest BCUT2D eigenvalue weighted by Crippen LogP contribution is -2.27. The first kappa shape index (κ1) is 14.7. The predicted molar refractivity (Wildman–Crippen MR) is 76.0 cm³/mol. The molecular formula is C14H22BrNO. The average molecular weight is 300 g/mol. The monoisotopic (exact) mass is 299 g/mol. The Morgan fingerprint density at radius 2 is 1.88 bits per heavy atom. The lowest BCUT2D eigenvalue weighted by Gasteiger charge is -2.24. The lowest BCUT2D eigenvalue weighted by atomic mass is 9.87. The van der Waals surface area contributed by atoms with Crippen molar-refractivity contribution in [3.05, 3.63) is 34.3 Å². The van der Waals surface area contributed by atoms with Gasteiger partial charge in [0.05, 0.1) is 6.10 Å². The van der Waals surface area contributed by atoms with Crippen molar-refractivity contribution in [1.82, 2.24) is 0 Å². The van der Waals surface area contributed by atoms with E-state index in [1.807, 2.05) is 24.3 Å². The molecule has 0 aliphatic rings. The molecule has 0 saturated carbocycles. The fourth-order valence-electron chi connectivity index (χ4n) is 1.97. The standard InChI is InChI=1S/C14H22BrNO/c1-3-10(2)8-14(17)13(9-16)11-4-6-12(15)7-5-11/h4-7,10,13-14,17H,3,8-9,16H2,1-2H3. The summed E-state index contributed by atoms with van der Waals surface area (Å²) in [7, 11) is 0. The van der Waals surface area contributed by atoms with E-state index in [1.165, 1.54) is 0 Å². The van der Waals surface area contributed by atoms with Gasteiger partial charge < -0.3 is 10.8 Å². The molecule has 3 heteroatoms. The summed E-state index contributed by atoms with van der Waals surface area (Å²) in [5, 5.41) is 10.2. The van der Waals surface area contributed by atoms with Gasteiger partial charge >= 0.3 is 0 Å². The quantitative estimate of drug-likeness (QED) is 0.847. The molecule has 0 saturated heterocycles. The van der Waals surface area contributed by atoms with Crippen LogP contribution in [-0.2, 0) is 0 Å². The van der Waals surface area contributed by atoms with Gasteiger partial charge in [0.1, 0.15) is 0 Å². The number of aliphatic hydroxyl groups excluding tert-OH is 1. The van der Waals surface area contributed by atoms with Crippen LogP contribution in [0.1, 0.15) is 38.2 Å². The van der Waals surface area contributed by atoms with Gasteiger partial charge in [0, 0.05) is 16.9 Å². The molecule has 0 fully saturated rings. The highest BCUT2D eigenvalue weighted by Crippen LogP contribution is 2.25. The van der Waals surface area contributed by atoms with Crippen LogP contribution in [0.5, 0.6) is 0 Å². The van der Waals surface area contributed by atoms with Crippen LogP contribution in [0.15, 0.2) is 28.7 Å². The minimum atomic E-state index is -0.351. The molecule has 96 valence electrons. The number of hydrogen-bond donors (Lipinski definition) is 2. The molecule has 3 N–H and O–H groups in total. The minimum Gasteiger partial charge on any atom is -0.392 e. The highest BCUT2D eigenvalue weighted by atomic mass is 79.9. The molecule has 0 amide bonds. The Labute approximate surface area is 112 Å². The van der Waals surface area contributed by atoms with Crippen molar-refractivity contribution in [1.29, 1.82) is 0 Å². The van der Waals surface area contributed by atoms with Crippen molar-refractivity contribution >= 4 is 15.9 Å². The summed E-state index contributed by atoms with van der Waals surface area (Å²) in [4.78, 5) is 0. The smallest absolute Gasteiger partial charge is 0.0623 e. The molecule has 1 rings (SSSR count). The zero-order valence-electron chi connectivity index (χ0n) is 10.6. The van der Waals surface area contributed by atoms with Crippen molar-refractivity contribution in [3.8, 4) is 0 Å². The first-order chi connectivity index (χ1) is 8.08.